The lowest BCUT2D eigenvalue weighted by Crippen LogP contribution is -2.16. The molecule has 0 unspecified atom stereocenters. The second-order valence-corrected chi connectivity index (χ2v) is 8.19. The van der Waals surface area contributed by atoms with Crippen LogP contribution in [-0.2, 0) is 6.18 Å². The first-order valence-corrected chi connectivity index (χ1v) is 10.9. The second kappa shape index (κ2) is 9.75. The van der Waals surface area contributed by atoms with Gasteiger partial charge >= 0.3 is 12.1 Å². The van der Waals surface area contributed by atoms with Crippen LogP contribution in [0.2, 0.25) is 10.0 Å². The molecule has 0 spiro atoms. The van der Waals surface area contributed by atoms with Crippen molar-refractivity contribution in [1.29, 1.82) is 0 Å². The first kappa shape index (κ1) is 25.4. The fraction of sp³-hybridized carbons (Fsp3) is 0.120. The first-order valence-electron chi connectivity index (χ1n) is 10.1. The summed E-state index contributed by atoms with van der Waals surface area (Å²) in [6, 6.07) is 11.5. The molecule has 0 aliphatic rings. The lowest BCUT2D eigenvalue weighted by molar-refractivity contribution is -0.152. The number of hydrogen-bond acceptors (Lipinski definition) is 6. The summed E-state index contributed by atoms with van der Waals surface area (Å²) >= 11 is 11.7. The van der Waals surface area contributed by atoms with Crippen molar-refractivity contribution < 1.29 is 36.6 Å². The van der Waals surface area contributed by atoms with E-state index in [-0.39, 0.29) is 43.8 Å². The highest BCUT2D eigenvalue weighted by Gasteiger charge is 2.39. The molecule has 11 heteroatoms. The number of ether oxygens (including phenoxy) is 3. The Balaban J connectivity index is 1.82. The van der Waals surface area contributed by atoms with Crippen molar-refractivity contribution >= 4 is 40.1 Å². The molecular weight excluding hydrogens is 524 g/mol. The summed E-state index contributed by atoms with van der Waals surface area (Å²) in [4.78, 5) is 25.6. The lowest BCUT2D eigenvalue weighted by atomic mass is 10.0. The number of methoxy groups -OCH3 is 2. The fourth-order valence-electron chi connectivity index (χ4n) is 3.48. The Hall–Kier alpha value is -3.69. The number of fused-ring (bicyclic) bond motifs is 1. The molecule has 0 aliphatic heterocycles. The number of carbonyl (C=O) groups is 1. The van der Waals surface area contributed by atoms with E-state index >= 15 is 0 Å². The highest BCUT2D eigenvalue weighted by atomic mass is 35.5. The van der Waals surface area contributed by atoms with Crippen molar-refractivity contribution in [3.05, 3.63) is 86.2 Å². The first-order chi connectivity index (χ1) is 17.0. The Morgan fingerprint density at radius 3 is 2.25 bits per heavy atom. The predicted molar refractivity (Wildman–Crippen MR) is 127 cm³/mol. The Labute approximate surface area is 211 Å². The number of esters is 1. The van der Waals surface area contributed by atoms with Crippen LogP contribution >= 0.6 is 23.2 Å². The third-order valence-corrected chi connectivity index (χ3v) is 5.90. The number of halogens is 5. The van der Waals surface area contributed by atoms with E-state index in [2.05, 4.69) is 0 Å². The molecule has 4 rings (SSSR count). The molecule has 0 radical (unpaired) electrons. The zero-order valence-corrected chi connectivity index (χ0v) is 20.0. The Morgan fingerprint density at radius 2 is 1.61 bits per heavy atom. The number of alkyl halides is 3. The van der Waals surface area contributed by atoms with Gasteiger partial charge in [0.05, 0.1) is 40.8 Å². The van der Waals surface area contributed by atoms with Crippen molar-refractivity contribution in [2.45, 2.75) is 6.18 Å². The van der Waals surface area contributed by atoms with Crippen LogP contribution < -0.4 is 19.6 Å². The average Bonchev–Trinajstić information content (AvgIpc) is 2.84. The maximum absolute atomic E-state index is 14.0. The number of hydrogen-bond donors (Lipinski definition) is 0. The number of rotatable bonds is 5. The molecule has 4 aromatic rings. The average molecular weight is 539 g/mol. The van der Waals surface area contributed by atoms with Crippen LogP contribution in [0.1, 0.15) is 16.1 Å². The summed E-state index contributed by atoms with van der Waals surface area (Å²) in [7, 11) is 2.69. The van der Waals surface area contributed by atoms with Crippen LogP contribution in [0.25, 0.3) is 22.1 Å². The molecule has 0 atom stereocenters. The van der Waals surface area contributed by atoms with E-state index in [0.717, 1.165) is 6.07 Å². The topological polar surface area (TPSA) is 75.0 Å². The molecular formula is C25H15Cl2F3O6. The largest absolute Gasteiger partial charge is 0.493 e. The lowest BCUT2D eigenvalue weighted by Gasteiger charge is -2.15. The molecule has 3 aromatic carbocycles. The van der Waals surface area contributed by atoms with Gasteiger partial charge in [-0.15, -0.1) is 0 Å². The number of benzene rings is 3. The third kappa shape index (κ3) is 4.84. The van der Waals surface area contributed by atoms with Crippen molar-refractivity contribution in [2.75, 3.05) is 14.2 Å². The molecule has 0 amide bonds. The molecule has 36 heavy (non-hydrogen) atoms. The summed E-state index contributed by atoms with van der Waals surface area (Å²) in [5.41, 5.74) is -2.07. The zero-order valence-electron chi connectivity index (χ0n) is 18.5. The van der Waals surface area contributed by atoms with Gasteiger partial charge in [-0.3, -0.25) is 4.79 Å². The van der Waals surface area contributed by atoms with Crippen LogP contribution in [-0.4, -0.2) is 20.2 Å². The Bertz CT molecular complexity index is 1550. The molecule has 0 fully saturated rings. The van der Waals surface area contributed by atoms with Crippen molar-refractivity contribution in [3.63, 3.8) is 0 Å². The molecule has 0 N–H and O–H groups in total. The maximum Gasteiger partial charge on any atom is 0.450 e. The second-order valence-electron chi connectivity index (χ2n) is 7.38. The van der Waals surface area contributed by atoms with Gasteiger partial charge < -0.3 is 18.6 Å². The summed E-state index contributed by atoms with van der Waals surface area (Å²) in [6.07, 6.45) is -5.01. The van der Waals surface area contributed by atoms with E-state index in [0.29, 0.717) is 0 Å². The van der Waals surface area contributed by atoms with E-state index in [9.17, 15) is 22.8 Å². The van der Waals surface area contributed by atoms with Crippen molar-refractivity contribution in [1.82, 2.24) is 0 Å². The molecule has 6 nitrogen and oxygen atoms in total. The van der Waals surface area contributed by atoms with Gasteiger partial charge in [-0.1, -0.05) is 29.3 Å². The van der Waals surface area contributed by atoms with Crippen LogP contribution in [0, 0.1) is 0 Å². The van der Waals surface area contributed by atoms with Crippen LogP contribution in [0.5, 0.6) is 17.2 Å². The van der Waals surface area contributed by atoms with E-state index in [4.69, 9.17) is 41.8 Å². The quantitative estimate of drug-likeness (QED) is 0.201. The Kier molecular flexibility index (Phi) is 6.88. The fourth-order valence-corrected chi connectivity index (χ4v) is 3.78. The molecule has 0 bridgehead atoms. The van der Waals surface area contributed by atoms with Crippen LogP contribution in [0.4, 0.5) is 13.2 Å². The van der Waals surface area contributed by atoms with E-state index in [1.165, 1.54) is 62.8 Å². The monoisotopic (exact) mass is 538 g/mol. The summed E-state index contributed by atoms with van der Waals surface area (Å²) in [5, 5.41) is 0.195. The van der Waals surface area contributed by atoms with Gasteiger partial charge in [0, 0.05) is 6.07 Å². The normalized spacial score (nSPS) is 11.4. The van der Waals surface area contributed by atoms with Gasteiger partial charge in [0.2, 0.25) is 11.2 Å². The minimum Gasteiger partial charge on any atom is -0.493 e. The van der Waals surface area contributed by atoms with Gasteiger partial charge in [0.25, 0.3) is 0 Å². The van der Waals surface area contributed by atoms with Gasteiger partial charge in [0.15, 0.2) is 11.5 Å². The van der Waals surface area contributed by atoms with Gasteiger partial charge in [-0.25, -0.2) is 4.79 Å². The van der Waals surface area contributed by atoms with Gasteiger partial charge in [-0.05, 0) is 48.0 Å². The summed E-state index contributed by atoms with van der Waals surface area (Å²) in [5.74, 6) is -2.09. The van der Waals surface area contributed by atoms with Crippen molar-refractivity contribution in [2.24, 2.45) is 0 Å². The summed E-state index contributed by atoms with van der Waals surface area (Å²) < 4.78 is 62.6. The third-order valence-electron chi connectivity index (χ3n) is 5.16. The molecule has 186 valence electrons. The van der Waals surface area contributed by atoms with E-state index in [1.807, 2.05) is 0 Å². The molecule has 1 aromatic heterocycles. The maximum atomic E-state index is 14.0. The molecule has 0 saturated heterocycles. The molecule has 0 aliphatic carbocycles. The molecule has 0 saturated carbocycles. The Morgan fingerprint density at radius 1 is 0.889 bits per heavy atom. The van der Waals surface area contributed by atoms with E-state index in [1.54, 1.807) is 0 Å². The summed E-state index contributed by atoms with van der Waals surface area (Å²) in [6.45, 7) is 0. The van der Waals surface area contributed by atoms with Crippen molar-refractivity contribution in [3.8, 4) is 28.4 Å². The van der Waals surface area contributed by atoms with E-state index < -0.39 is 34.5 Å². The highest BCUT2D eigenvalue weighted by Crippen LogP contribution is 2.40. The van der Waals surface area contributed by atoms with Gasteiger partial charge in [-0.2, -0.15) is 13.2 Å². The SMILES string of the molecule is COc1ccc(-c2c(C(F)(F)F)oc3cc(OC(=O)c4ccc(Cl)c(Cl)c4)ccc3c2=O)cc1OC. The highest BCUT2D eigenvalue weighted by molar-refractivity contribution is 6.42. The standard InChI is InChI=1S/C25H15Cl2F3O6/c1-33-18-8-4-12(10-20(18)34-2)21-22(31)15-6-5-14(11-19(15)36-23(21)25(28,29)30)35-24(32)13-3-7-16(26)17(27)9-13/h3-11H,1-2H3. The van der Waals surface area contributed by atoms with Crippen LogP contribution in [0.15, 0.2) is 63.8 Å². The number of carbonyl (C=O) groups excluding carboxylic acids is 1. The predicted octanol–water partition coefficient (Wildman–Crippen LogP) is 7.02. The molecule has 1 heterocycles. The van der Waals surface area contributed by atoms with Gasteiger partial charge in [0.1, 0.15) is 11.3 Å². The zero-order chi connectivity index (χ0) is 26.2. The minimum atomic E-state index is -5.01. The van der Waals surface area contributed by atoms with Crippen LogP contribution in [0.3, 0.4) is 0 Å². The minimum absolute atomic E-state index is 0.0609. The smallest absolute Gasteiger partial charge is 0.450 e.